The number of nitrogens with one attached hydrogen (secondary N) is 1. The van der Waals surface area contributed by atoms with Crippen molar-refractivity contribution >= 4 is 23.2 Å². The molecular weight excluding hydrogens is 276 g/mol. The molecule has 0 atom stereocenters. The molecule has 0 fully saturated rings. The Kier molecular flexibility index (Phi) is 4.38. The predicted octanol–water partition coefficient (Wildman–Crippen LogP) is 2.75. The number of hydrogen-bond acceptors (Lipinski definition) is 3. The number of carbonyl (C=O) groups excluding carboxylic acids is 1. The molecule has 0 unspecified atom stereocenters. The third kappa shape index (κ3) is 3.59. The van der Waals surface area contributed by atoms with Gasteiger partial charge in [-0.3, -0.25) is 9.48 Å². The van der Waals surface area contributed by atoms with Gasteiger partial charge in [0.05, 0.1) is 22.3 Å². The van der Waals surface area contributed by atoms with Crippen LogP contribution in [0.5, 0.6) is 0 Å². The van der Waals surface area contributed by atoms with Gasteiger partial charge in [0.2, 0.25) is 5.91 Å². The second kappa shape index (κ2) is 6.22. The third-order valence-corrected chi connectivity index (χ3v) is 3.12. The normalized spacial score (nSPS) is 10.1. The Balaban J connectivity index is 1.87. The van der Waals surface area contributed by atoms with Crippen LogP contribution in [0.3, 0.4) is 0 Å². The van der Waals surface area contributed by atoms with Crippen molar-refractivity contribution in [3.63, 3.8) is 0 Å². The van der Waals surface area contributed by atoms with Gasteiger partial charge >= 0.3 is 0 Å². The second-order valence-electron chi connectivity index (χ2n) is 4.31. The zero-order valence-electron chi connectivity index (χ0n) is 10.9. The highest BCUT2D eigenvalue weighted by molar-refractivity contribution is 6.31. The molecule has 6 heteroatoms. The average Bonchev–Trinajstić information content (AvgIpc) is 2.76. The summed E-state index contributed by atoms with van der Waals surface area (Å²) in [5, 5.41) is 16.2. The van der Waals surface area contributed by atoms with Gasteiger partial charge in [-0.05, 0) is 31.2 Å². The molecule has 0 aliphatic carbocycles. The topological polar surface area (TPSA) is 70.7 Å². The zero-order valence-corrected chi connectivity index (χ0v) is 11.7. The Labute approximate surface area is 121 Å². The van der Waals surface area contributed by atoms with Crippen LogP contribution in [-0.2, 0) is 11.3 Å². The largest absolute Gasteiger partial charge is 0.326 e. The van der Waals surface area contributed by atoms with E-state index in [4.69, 9.17) is 16.9 Å². The summed E-state index contributed by atoms with van der Waals surface area (Å²) in [5.74, 6) is -0.112. The average molecular weight is 289 g/mol. The van der Waals surface area contributed by atoms with Crippen LogP contribution < -0.4 is 5.32 Å². The van der Waals surface area contributed by atoms with Gasteiger partial charge in [0.25, 0.3) is 0 Å². The van der Waals surface area contributed by atoms with Gasteiger partial charge in [-0.25, -0.2) is 0 Å². The van der Waals surface area contributed by atoms with Crippen molar-refractivity contribution < 1.29 is 4.79 Å². The van der Waals surface area contributed by atoms with Gasteiger partial charge in [-0.15, -0.1) is 0 Å². The molecular formula is C14H13ClN4O. The first-order valence-corrected chi connectivity index (χ1v) is 6.46. The molecule has 2 aromatic rings. The first-order chi connectivity index (χ1) is 9.58. The Morgan fingerprint density at radius 1 is 1.45 bits per heavy atom. The van der Waals surface area contributed by atoms with Crippen LogP contribution in [0.15, 0.2) is 30.5 Å². The Morgan fingerprint density at radius 2 is 2.15 bits per heavy atom. The summed E-state index contributed by atoms with van der Waals surface area (Å²) in [7, 11) is 0. The molecule has 1 amide bonds. The lowest BCUT2D eigenvalue weighted by atomic mass is 10.2. The molecule has 0 aliphatic heterocycles. The van der Waals surface area contributed by atoms with E-state index in [1.807, 2.05) is 13.0 Å². The minimum Gasteiger partial charge on any atom is -0.326 e. The number of nitriles is 1. The molecule has 0 spiro atoms. The number of aromatic nitrogens is 2. The van der Waals surface area contributed by atoms with E-state index in [-0.39, 0.29) is 5.91 Å². The van der Waals surface area contributed by atoms with Gasteiger partial charge in [-0.2, -0.15) is 10.4 Å². The molecule has 0 radical (unpaired) electrons. The van der Waals surface area contributed by atoms with Crippen LogP contribution in [0.2, 0.25) is 5.02 Å². The van der Waals surface area contributed by atoms with Crippen molar-refractivity contribution in [2.75, 3.05) is 5.32 Å². The molecule has 5 nitrogen and oxygen atoms in total. The van der Waals surface area contributed by atoms with Crippen LogP contribution in [0.4, 0.5) is 5.69 Å². The Bertz CT molecular complexity index is 635. The van der Waals surface area contributed by atoms with E-state index >= 15 is 0 Å². The van der Waals surface area contributed by atoms with E-state index < -0.39 is 0 Å². The SMILES string of the molecule is Cc1nn(CCC(=O)Nc2ccc(C#N)cc2)cc1Cl. The maximum atomic E-state index is 11.8. The number of halogens is 1. The molecule has 0 saturated heterocycles. The number of nitrogens with zero attached hydrogens (tertiary/aromatic N) is 3. The van der Waals surface area contributed by atoms with Gasteiger partial charge in [0.15, 0.2) is 0 Å². The smallest absolute Gasteiger partial charge is 0.226 e. The summed E-state index contributed by atoms with van der Waals surface area (Å²) in [6, 6.07) is 8.74. The van der Waals surface area contributed by atoms with Crippen molar-refractivity contribution in [1.82, 2.24) is 9.78 Å². The first-order valence-electron chi connectivity index (χ1n) is 6.08. The summed E-state index contributed by atoms with van der Waals surface area (Å²) in [5.41, 5.74) is 1.98. The number of hydrogen-bond donors (Lipinski definition) is 1. The van der Waals surface area contributed by atoms with E-state index in [1.54, 1.807) is 35.1 Å². The first kappa shape index (κ1) is 14.1. The summed E-state index contributed by atoms with van der Waals surface area (Å²) < 4.78 is 1.65. The fourth-order valence-corrected chi connectivity index (χ4v) is 1.83. The second-order valence-corrected chi connectivity index (χ2v) is 4.72. The van der Waals surface area contributed by atoms with Crippen molar-refractivity contribution in [2.45, 2.75) is 19.9 Å². The van der Waals surface area contributed by atoms with Crippen molar-refractivity contribution in [3.05, 3.63) is 46.7 Å². The highest BCUT2D eigenvalue weighted by Gasteiger charge is 2.06. The molecule has 1 heterocycles. The number of benzene rings is 1. The maximum Gasteiger partial charge on any atom is 0.226 e. The Morgan fingerprint density at radius 3 is 2.70 bits per heavy atom. The lowest BCUT2D eigenvalue weighted by Crippen LogP contribution is -2.14. The Hall–Kier alpha value is -2.32. The van der Waals surface area contributed by atoms with E-state index in [0.717, 1.165) is 5.69 Å². The fourth-order valence-electron chi connectivity index (χ4n) is 1.68. The molecule has 1 N–H and O–H groups in total. The predicted molar refractivity (Wildman–Crippen MR) is 76.4 cm³/mol. The lowest BCUT2D eigenvalue weighted by Gasteiger charge is -2.05. The van der Waals surface area contributed by atoms with Crippen LogP contribution in [0.1, 0.15) is 17.7 Å². The van der Waals surface area contributed by atoms with Gasteiger partial charge in [0.1, 0.15) is 0 Å². The molecule has 0 aliphatic rings. The van der Waals surface area contributed by atoms with E-state index in [2.05, 4.69) is 10.4 Å². The van der Waals surface area contributed by atoms with Crippen molar-refractivity contribution in [3.8, 4) is 6.07 Å². The zero-order chi connectivity index (χ0) is 14.5. The number of anilines is 1. The van der Waals surface area contributed by atoms with E-state index in [1.165, 1.54) is 0 Å². The van der Waals surface area contributed by atoms with Crippen LogP contribution in [-0.4, -0.2) is 15.7 Å². The summed E-state index contributed by atoms with van der Waals surface area (Å²) in [6.45, 7) is 2.28. The lowest BCUT2D eigenvalue weighted by molar-refractivity contribution is -0.116. The van der Waals surface area contributed by atoms with Crippen LogP contribution >= 0.6 is 11.6 Å². The van der Waals surface area contributed by atoms with E-state index in [0.29, 0.717) is 29.2 Å². The van der Waals surface area contributed by atoms with Crippen LogP contribution in [0.25, 0.3) is 0 Å². The molecule has 1 aromatic heterocycles. The molecule has 102 valence electrons. The minimum atomic E-state index is -0.112. The highest BCUT2D eigenvalue weighted by atomic mass is 35.5. The minimum absolute atomic E-state index is 0.112. The quantitative estimate of drug-likeness (QED) is 0.940. The van der Waals surface area contributed by atoms with Gasteiger partial charge in [-0.1, -0.05) is 11.6 Å². The summed E-state index contributed by atoms with van der Waals surface area (Å²) in [4.78, 5) is 11.8. The molecule has 0 bridgehead atoms. The van der Waals surface area contributed by atoms with E-state index in [9.17, 15) is 4.79 Å². The van der Waals surface area contributed by atoms with Gasteiger partial charge < -0.3 is 5.32 Å². The summed E-state index contributed by atoms with van der Waals surface area (Å²) in [6.07, 6.45) is 2.00. The number of aryl methyl sites for hydroxylation is 2. The monoisotopic (exact) mass is 288 g/mol. The van der Waals surface area contributed by atoms with Crippen LogP contribution in [0, 0.1) is 18.3 Å². The number of rotatable bonds is 4. The highest BCUT2D eigenvalue weighted by Crippen LogP contribution is 2.13. The molecule has 20 heavy (non-hydrogen) atoms. The molecule has 1 aromatic carbocycles. The van der Waals surface area contributed by atoms with Crippen molar-refractivity contribution in [1.29, 1.82) is 5.26 Å². The maximum absolute atomic E-state index is 11.8. The van der Waals surface area contributed by atoms with Gasteiger partial charge in [0, 0.05) is 24.8 Å². The number of carbonyl (C=O) groups is 1. The molecule has 0 saturated carbocycles. The third-order valence-electron chi connectivity index (χ3n) is 2.75. The standard InChI is InChI=1S/C14H13ClN4O/c1-10-13(15)9-19(18-10)7-6-14(20)17-12-4-2-11(8-16)3-5-12/h2-5,9H,6-7H2,1H3,(H,17,20). The van der Waals surface area contributed by atoms with Crippen molar-refractivity contribution in [2.24, 2.45) is 0 Å². The fraction of sp³-hybridized carbons (Fsp3) is 0.214. The summed E-state index contributed by atoms with van der Waals surface area (Å²) >= 11 is 5.89. The molecule has 2 rings (SSSR count). The number of amides is 1.